The van der Waals surface area contributed by atoms with Crippen LogP contribution in [0, 0.1) is 12.7 Å². The highest BCUT2D eigenvalue weighted by Gasteiger charge is 2.08. The predicted octanol–water partition coefficient (Wildman–Crippen LogP) is 4.50. The number of nitrogens with one attached hydrogen (secondary N) is 1. The molecule has 0 heterocycles. The van der Waals surface area contributed by atoms with E-state index in [9.17, 15) is 4.39 Å². The highest BCUT2D eigenvalue weighted by Crippen LogP contribution is 2.24. The minimum atomic E-state index is -0.199. The molecule has 0 saturated heterocycles. The second-order valence-corrected chi connectivity index (χ2v) is 4.77. The molecule has 0 radical (unpaired) electrons. The topological polar surface area (TPSA) is 12.0 Å². The van der Waals surface area contributed by atoms with Crippen LogP contribution in [-0.4, -0.2) is 6.04 Å². The Hall–Kier alpha value is -0.570. The fraction of sp³-hybridized carbons (Fsp3) is 0.500. The van der Waals surface area contributed by atoms with Crippen LogP contribution in [0.25, 0.3) is 0 Å². The number of anilines is 1. The molecule has 0 aliphatic heterocycles. The van der Waals surface area contributed by atoms with Gasteiger partial charge in [0.1, 0.15) is 5.82 Å². The number of hydrogen-bond donors (Lipinski definition) is 1. The van der Waals surface area contributed by atoms with Gasteiger partial charge in [0.05, 0.1) is 5.69 Å². The van der Waals surface area contributed by atoms with Gasteiger partial charge < -0.3 is 5.32 Å². The zero-order valence-electron chi connectivity index (χ0n) is 9.40. The number of halogens is 2. The van der Waals surface area contributed by atoms with Gasteiger partial charge in [-0.3, -0.25) is 0 Å². The van der Waals surface area contributed by atoms with Crippen molar-refractivity contribution in [2.24, 2.45) is 0 Å². The monoisotopic (exact) mass is 273 g/mol. The zero-order valence-corrected chi connectivity index (χ0v) is 11.0. The van der Waals surface area contributed by atoms with Gasteiger partial charge in [-0.1, -0.05) is 29.3 Å². The molecule has 1 atom stereocenters. The summed E-state index contributed by atoms with van der Waals surface area (Å²) in [5.41, 5.74) is 1.64. The van der Waals surface area contributed by atoms with Crippen LogP contribution in [-0.2, 0) is 0 Å². The smallest absolute Gasteiger partial charge is 0.147 e. The summed E-state index contributed by atoms with van der Waals surface area (Å²) in [6, 6.07) is 3.66. The Bertz CT molecular complexity index is 339. The Morgan fingerprint density at radius 2 is 2.13 bits per heavy atom. The third-order valence-corrected chi connectivity index (χ3v) is 3.23. The lowest BCUT2D eigenvalue weighted by Crippen LogP contribution is -2.15. The van der Waals surface area contributed by atoms with Gasteiger partial charge in [0.2, 0.25) is 0 Å². The van der Waals surface area contributed by atoms with Gasteiger partial charge in [-0.15, -0.1) is 0 Å². The summed E-state index contributed by atoms with van der Waals surface area (Å²) in [6.07, 6.45) is 2.15. The van der Waals surface area contributed by atoms with E-state index in [4.69, 9.17) is 0 Å². The quantitative estimate of drug-likeness (QED) is 0.852. The summed E-state index contributed by atoms with van der Waals surface area (Å²) >= 11 is 3.31. The van der Waals surface area contributed by atoms with Gasteiger partial charge in [0.25, 0.3) is 0 Å². The molecule has 0 aliphatic rings. The Balaban J connectivity index is 2.81. The predicted molar refractivity (Wildman–Crippen MR) is 66.8 cm³/mol. The van der Waals surface area contributed by atoms with E-state index in [0.717, 1.165) is 22.9 Å². The minimum Gasteiger partial charge on any atom is -0.380 e. The molecule has 0 bridgehead atoms. The molecule has 1 aromatic carbocycles. The second-order valence-electron chi connectivity index (χ2n) is 3.92. The number of aryl methyl sites for hydroxylation is 1. The summed E-state index contributed by atoms with van der Waals surface area (Å²) in [4.78, 5) is 0. The van der Waals surface area contributed by atoms with Crippen LogP contribution in [0.4, 0.5) is 10.1 Å². The van der Waals surface area contributed by atoms with E-state index in [1.165, 1.54) is 6.07 Å². The first kappa shape index (κ1) is 12.5. The van der Waals surface area contributed by atoms with Crippen molar-refractivity contribution in [1.29, 1.82) is 0 Å². The van der Waals surface area contributed by atoms with E-state index < -0.39 is 0 Å². The third kappa shape index (κ3) is 3.49. The van der Waals surface area contributed by atoms with E-state index in [0.29, 0.717) is 11.7 Å². The molecule has 1 N–H and O–H groups in total. The molecule has 1 unspecified atom stereocenters. The molecule has 0 aliphatic carbocycles. The first-order valence-corrected chi connectivity index (χ1v) is 6.06. The lowest BCUT2D eigenvalue weighted by Gasteiger charge is -2.15. The van der Waals surface area contributed by atoms with Crippen LogP contribution in [0.5, 0.6) is 0 Å². The summed E-state index contributed by atoms with van der Waals surface area (Å²) in [7, 11) is 0. The van der Waals surface area contributed by atoms with E-state index >= 15 is 0 Å². The van der Waals surface area contributed by atoms with Gasteiger partial charge in [0, 0.05) is 10.5 Å². The largest absolute Gasteiger partial charge is 0.380 e. The summed E-state index contributed by atoms with van der Waals surface area (Å²) < 4.78 is 14.4. The van der Waals surface area contributed by atoms with Gasteiger partial charge in [-0.25, -0.2) is 4.39 Å². The molecular formula is C12H17BrFN. The highest BCUT2D eigenvalue weighted by atomic mass is 79.9. The maximum absolute atomic E-state index is 13.5. The van der Waals surface area contributed by atoms with E-state index in [2.05, 4.69) is 35.1 Å². The van der Waals surface area contributed by atoms with Crippen molar-refractivity contribution >= 4 is 21.6 Å². The first-order chi connectivity index (χ1) is 7.04. The average molecular weight is 274 g/mol. The van der Waals surface area contributed by atoms with E-state index in [1.54, 1.807) is 0 Å². The van der Waals surface area contributed by atoms with Crippen molar-refractivity contribution in [3.05, 3.63) is 28.0 Å². The fourth-order valence-electron chi connectivity index (χ4n) is 1.54. The Labute approximate surface area is 99.2 Å². The molecular weight excluding hydrogens is 257 g/mol. The lowest BCUT2D eigenvalue weighted by molar-refractivity contribution is 0.619. The summed E-state index contributed by atoms with van der Waals surface area (Å²) in [6.45, 7) is 6.15. The average Bonchev–Trinajstić information content (AvgIpc) is 2.14. The normalized spacial score (nSPS) is 12.6. The molecule has 1 nitrogen and oxygen atoms in total. The molecule has 0 spiro atoms. The molecule has 84 valence electrons. The number of benzene rings is 1. The van der Waals surface area contributed by atoms with Crippen molar-refractivity contribution in [2.75, 3.05) is 5.32 Å². The molecule has 0 fully saturated rings. The maximum atomic E-state index is 13.5. The maximum Gasteiger partial charge on any atom is 0.147 e. The molecule has 0 amide bonds. The third-order valence-electron chi connectivity index (χ3n) is 2.37. The van der Waals surface area contributed by atoms with Gasteiger partial charge >= 0.3 is 0 Å². The van der Waals surface area contributed by atoms with Crippen LogP contribution in [0.2, 0.25) is 0 Å². The molecule has 3 heteroatoms. The van der Waals surface area contributed by atoms with Crippen LogP contribution >= 0.6 is 15.9 Å². The highest BCUT2D eigenvalue weighted by molar-refractivity contribution is 9.10. The molecule has 0 saturated carbocycles. The standard InChI is InChI=1S/C12H17BrFN/c1-4-5-9(3)15-12-6-8(2)10(13)7-11(12)14/h6-7,9,15H,4-5H2,1-3H3. The summed E-state index contributed by atoms with van der Waals surface area (Å²) in [5.74, 6) is -0.199. The minimum absolute atomic E-state index is 0.199. The molecule has 1 rings (SSSR count). The van der Waals surface area contributed by atoms with E-state index in [-0.39, 0.29) is 5.82 Å². The van der Waals surface area contributed by atoms with Crippen LogP contribution < -0.4 is 5.32 Å². The Morgan fingerprint density at radius 3 is 2.73 bits per heavy atom. The number of rotatable bonds is 4. The van der Waals surface area contributed by atoms with Crippen molar-refractivity contribution < 1.29 is 4.39 Å². The van der Waals surface area contributed by atoms with Crippen molar-refractivity contribution in [1.82, 2.24) is 0 Å². The molecule has 15 heavy (non-hydrogen) atoms. The van der Waals surface area contributed by atoms with Crippen LogP contribution in [0.1, 0.15) is 32.3 Å². The van der Waals surface area contributed by atoms with Gasteiger partial charge in [0.15, 0.2) is 0 Å². The summed E-state index contributed by atoms with van der Waals surface area (Å²) in [5, 5.41) is 3.18. The van der Waals surface area contributed by atoms with Crippen LogP contribution in [0.15, 0.2) is 16.6 Å². The van der Waals surface area contributed by atoms with Gasteiger partial charge in [-0.2, -0.15) is 0 Å². The fourth-order valence-corrected chi connectivity index (χ4v) is 1.85. The SMILES string of the molecule is CCCC(C)Nc1cc(C)c(Br)cc1F. The zero-order chi connectivity index (χ0) is 11.4. The Morgan fingerprint density at radius 1 is 1.47 bits per heavy atom. The molecule has 0 aromatic heterocycles. The van der Waals surface area contributed by atoms with Crippen molar-refractivity contribution in [3.63, 3.8) is 0 Å². The second kappa shape index (κ2) is 5.50. The Kier molecular flexibility index (Phi) is 4.58. The first-order valence-electron chi connectivity index (χ1n) is 5.26. The molecule has 1 aromatic rings. The van der Waals surface area contributed by atoms with Crippen molar-refractivity contribution in [3.8, 4) is 0 Å². The van der Waals surface area contributed by atoms with Crippen LogP contribution in [0.3, 0.4) is 0 Å². The van der Waals surface area contributed by atoms with Gasteiger partial charge in [-0.05, 0) is 38.0 Å². The van der Waals surface area contributed by atoms with Crippen molar-refractivity contribution in [2.45, 2.75) is 39.7 Å². The lowest BCUT2D eigenvalue weighted by atomic mass is 10.1. The number of hydrogen-bond acceptors (Lipinski definition) is 1. The van der Waals surface area contributed by atoms with E-state index in [1.807, 2.05) is 13.0 Å².